The Morgan fingerprint density at radius 2 is 1.95 bits per heavy atom. The van der Waals surface area contributed by atoms with Crippen LogP contribution in [0.1, 0.15) is 27.2 Å². The fraction of sp³-hybridized carbons (Fsp3) is 0.692. The van der Waals surface area contributed by atoms with Gasteiger partial charge in [0, 0.05) is 19.0 Å². The molecule has 0 aromatic rings. The lowest BCUT2D eigenvalue weighted by molar-refractivity contribution is -0.151. The molecule has 2 aliphatic heterocycles. The van der Waals surface area contributed by atoms with Crippen molar-refractivity contribution in [2.75, 3.05) is 13.1 Å². The molecule has 0 aliphatic carbocycles. The average molecular weight is 281 g/mol. The van der Waals surface area contributed by atoms with Gasteiger partial charge in [-0.2, -0.15) is 0 Å². The number of rotatable bonds is 2. The van der Waals surface area contributed by atoms with Crippen LogP contribution < -0.4 is 5.32 Å². The molecular formula is C13H19N3O4. The van der Waals surface area contributed by atoms with Crippen molar-refractivity contribution in [1.82, 2.24) is 15.1 Å². The molecule has 0 saturated carbocycles. The number of hydrogen-bond donors (Lipinski definition) is 1. The summed E-state index contributed by atoms with van der Waals surface area (Å²) in [7, 11) is 0. The van der Waals surface area contributed by atoms with E-state index >= 15 is 0 Å². The quantitative estimate of drug-likeness (QED) is 0.666. The summed E-state index contributed by atoms with van der Waals surface area (Å²) >= 11 is 0. The Bertz CT molecular complexity index is 474. The lowest BCUT2D eigenvalue weighted by Crippen LogP contribution is -2.59. The molecular weight excluding hydrogens is 262 g/mol. The highest BCUT2D eigenvalue weighted by Crippen LogP contribution is 2.23. The number of nitrogens with zero attached hydrogens (tertiary/aromatic N) is 2. The van der Waals surface area contributed by atoms with Gasteiger partial charge >= 0.3 is 0 Å². The Labute approximate surface area is 117 Å². The third kappa shape index (κ3) is 2.52. The summed E-state index contributed by atoms with van der Waals surface area (Å²) in [6.45, 7) is 5.60. The van der Waals surface area contributed by atoms with Gasteiger partial charge in [0.1, 0.15) is 12.6 Å². The lowest BCUT2D eigenvalue weighted by atomic mass is 10.0. The standard InChI is InChI=1S/C13H19N3O4/c1-7(2)15-5-9(4-11(15)18)13(20)16-6-10(17)14-12(19)8(16)3/h7-9H,4-6H2,1-3H3,(H,14,17,19). The zero-order valence-electron chi connectivity index (χ0n) is 11.9. The molecule has 20 heavy (non-hydrogen) atoms. The predicted molar refractivity (Wildman–Crippen MR) is 69.3 cm³/mol. The highest BCUT2D eigenvalue weighted by molar-refractivity contribution is 6.04. The molecule has 0 aromatic heterocycles. The Morgan fingerprint density at radius 1 is 1.30 bits per heavy atom. The minimum atomic E-state index is -0.677. The van der Waals surface area contributed by atoms with Crippen molar-refractivity contribution < 1.29 is 19.2 Å². The second-order valence-electron chi connectivity index (χ2n) is 5.60. The molecule has 0 aromatic carbocycles. The number of amides is 4. The van der Waals surface area contributed by atoms with Gasteiger partial charge in [-0.05, 0) is 20.8 Å². The smallest absolute Gasteiger partial charge is 0.249 e. The van der Waals surface area contributed by atoms with Crippen LogP contribution in [0.3, 0.4) is 0 Å². The van der Waals surface area contributed by atoms with Crippen LogP contribution in [-0.4, -0.2) is 58.6 Å². The van der Waals surface area contributed by atoms with E-state index in [4.69, 9.17) is 0 Å². The predicted octanol–water partition coefficient (Wildman–Crippen LogP) is -0.883. The number of carbonyl (C=O) groups is 4. The highest BCUT2D eigenvalue weighted by atomic mass is 16.2. The third-order valence-electron chi connectivity index (χ3n) is 3.84. The number of nitrogens with one attached hydrogen (secondary N) is 1. The Balaban J connectivity index is 2.10. The molecule has 2 unspecified atom stereocenters. The summed E-state index contributed by atoms with van der Waals surface area (Å²) in [5.41, 5.74) is 0. The number of imide groups is 1. The molecule has 2 heterocycles. The number of carbonyl (C=O) groups excluding carboxylic acids is 4. The Hall–Kier alpha value is -1.92. The normalized spacial score (nSPS) is 27.3. The topological polar surface area (TPSA) is 86.8 Å². The monoisotopic (exact) mass is 281 g/mol. The molecule has 110 valence electrons. The molecule has 0 bridgehead atoms. The lowest BCUT2D eigenvalue weighted by Gasteiger charge is -2.33. The summed E-state index contributed by atoms with van der Waals surface area (Å²) in [6.07, 6.45) is 0.149. The molecule has 2 atom stereocenters. The minimum Gasteiger partial charge on any atom is -0.339 e. The Kier molecular flexibility index (Phi) is 3.78. The first-order valence-corrected chi connectivity index (χ1v) is 6.75. The van der Waals surface area contributed by atoms with Gasteiger partial charge in [0.2, 0.25) is 23.6 Å². The number of hydrogen-bond acceptors (Lipinski definition) is 4. The van der Waals surface area contributed by atoms with Crippen molar-refractivity contribution in [3.63, 3.8) is 0 Å². The van der Waals surface area contributed by atoms with Gasteiger partial charge in [-0.3, -0.25) is 24.5 Å². The van der Waals surface area contributed by atoms with Gasteiger partial charge in [0.15, 0.2) is 0 Å². The first-order valence-electron chi connectivity index (χ1n) is 6.75. The van der Waals surface area contributed by atoms with Gasteiger partial charge in [-0.15, -0.1) is 0 Å². The molecule has 0 spiro atoms. The molecule has 2 fully saturated rings. The van der Waals surface area contributed by atoms with Crippen molar-refractivity contribution in [3.8, 4) is 0 Å². The van der Waals surface area contributed by atoms with Crippen LogP contribution in [0.5, 0.6) is 0 Å². The van der Waals surface area contributed by atoms with Gasteiger partial charge in [-0.1, -0.05) is 0 Å². The zero-order valence-corrected chi connectivity index (χ0v) is 11.9. The van der Waals surface area contributed by atoms with Crippen LogP contribution in [0.2, 0.25) is 0 Å². The maximum Gasteiger partial charge on any atom is 0.249 e. The molecule has 2 saturated heterocycles. The Morgan fingerprint density at radius 3 is 2.50 bits per heavy atom. The van der Waals surface area contributed by atoms with Crippen molar-refractivity contribution in [1.29, 1.82) is 0 Å². The van der Waals surface area contributed by atoms with E-state index in [1.807, 2.05) is 13.8 Å². The van der Waals surface area contributed by atoms with Crippen LogP contribution >= 0.6 is 0 Å². The van der Waals surface area contributed by atoms with E-state index in [1.165, 1.54) is 4.90 Å². The van der Waals surface area contributed by atoms with Gasteiger partial charge in [0.05, 0.1) is 5.92 Å². The second-order valence-corrected chi connectivity index (χ2v) is 5.60. The maximum atomic E-state index is 12.4. The number of likely N-dealkylation sites (tertiary alicyclic amines) is 1. The molecule has 1 N–H and O–H groups in total. The molecule has 7 nitrogen and oxygen atoms in total. The molecule has 4 amide bonds. The second kappa shape index (κ2) is 5.22. The van der Waals surface area contributed by atoms with Crippen molar-refractivity contribution in [2.24, 2.45) is 5.92 Å². The first kappa shape index (κ1) is 14.5. The summed E-state index contributed by atoms with van der Waals surface area (Å²) in [4.78, 5) is 50.1. The SMILES string of the molecule is CC(C)N1CC(C(=O)N2CC(=O)NC(=O)C2C)CC1=O. The minimum absolute atomic E-state index is 0.0454. The summed E-state index contributed by atoms with van der Waals surface area (Å²) in [5, 5.41) is 2.19. The van der Waals surface area contributed by atoms with Crippen LogP contribution in [0.25, 0.3) is 0 Å². The van der Waals surface area contributed by atoms with Crippen molar-refractivity contribution >= 4 is 23.6 Å². The van der Waals surface area contributed by atoms with Crippen LogP contribution in [-0.2, 0) is 19.2 Å². The van der Waals surface area contributed by atoms with Gasteiger partial charge in [0.25, 0.3) is 0 Å². The summed E-state index contributed by atoms with van der Waals surface area (Å²) in [6, 6.07) is -0.632. The van der Waals surface area contributed by atoms with E-state index in [0.717, 1.165) is 0 Å². The fourth-order valence-electron chi connectivity index (χ4n) is 2.61. The largest absolute Gasteiger partial charge is 0.339 e. The first-order chi connectivity index (χ1) is 9.31. The summed E-state index contributed by atoms with van der Waals surface area (Å²) < 4.78 is 0. The molecule has 2 rings (SSSR count). The van der Waals surface area contributed by atoms with E-state index in [0.29, 0.717) is 6.54 Å². The van der Waals surface area contributed by atoms with Crippen molar-refractivity contribution in [2.45, 2.75) is 39.3 Å². The summed E-state index contributed by atoms with van der Waals surface area (Å²) in [5.74, 6) is -1.77. The van der Waals surface area contributed by atoms with Crippen LogP contribution in [0, 0.1) is 5.92 Å². The average Bonchev–Trinajstić information content (AvgIpc) is 2.75. The van der Waals surface area contributed by atoms with E-state index < -0.39 is 23.8 Å². The molecule has 2 aliphatic rings. The van der Waals surface area contributed by atoms with E-state index in [-0.39, 0.29) is 30.8 Å². The fourth-order valence-corrected chi connectivity index (χ4v) is 2.61. The molecule has 0 radical (unpaired) electrons. The number of piperazine rings is 1. The maximum absolute atomic E-state index is 12.4. The van der Waals surface area contributed by atoms with Crippen LogP contribution in [0.15, 0.2) is 0 Å². The molecule has 7 heteroatoms. The van der Waals surface area contributed by atoms with Gasteiger partial charge < -0.3 is 9.80 Å². The highest BCUT2D eigenvalue weighted by Gasteiger charge is 2.41. The van der Waals surface area contributed by atoms with Gasteiger partial charge in [-0.25, -0.2) is 0 Å². The van der Waals surface area contributed by atoms with Crippen molar-refractivity contribution in [3.05, 3.63) is 0 Å². The van der Waals surface area contributed by atoms with E-state index in [1.54, 1.807) is 11.8 Å². The van der Waals surface area contributed by atoms with E-state index in [2.05, 4.69) is 5.32 Å². The third-order valence-corrected chi connectivity index (χ3v) is 3.84. The zero-order chi connectivity index (χ0) is 15.0. The van der Waals surface area contributed by atoms with Crippen LogP contribution in [0.4, 0.5) is 0 Å². The van der Waals surface area contributed by atoms with E-state index in [9.17, 15) is 19.2 Å².